The Morgan fingerprint density at radius 2 is 1.80 bits per heavy atom. The Morgan fingerprint density at radius 3 is 2.43 bits per heavy atom. The van der Waals surface area contributed by atoms with Crippen LogP contribution in [0.4, 0.5) is 5.69 Å². The minimum Gasteiger partial charge on any atom is -0.495 e. The molecule has 0 aliphatic heterocycles. The Bertz CT molecular complexity index is 1070. The van der Waals surface area contributed by atoms with E-state index in [0.717, 1.165) is 16.4 Å². The third kappa shape index (κ3) is 4.37. The van der Waals surface area contributed by atoms with Crippen LogP contribution in [0.3, 0.4) is 0 Å². The molecule has 0 fully saturated rings. The molecule has 0 aliphatic rings. The quantitative estimate of drug-likeness (QED) is 0.590. The fourth-order valence-corrected chi connectivity index (χ4v) is 2.94. The average molecular weight is 407 g/mol. The zero-order chi connectivity index (χ0) is 22.1. The molecule has 157 valence electrons. The van der Waals surface area contributed by atoms with E-state index in [2.05, 4.69) is 5.32 Å². The van der Waals surface area contributed by atoms with E-state index in [1.165, 1.54) is 0 Å². The molecule has 6 nitrogen and oxygen atoms in total. The van der Waals surface area contributed by atoms with Gasteiger partial charge in [-0.25, -0.2) is 0 Å². The molecule has 1 heterocycles. The maximum atomic E-state index is 12.9. The predicted molar refractivity (Wildman–Crippen MR) is 121 cm³/mol. The van der Waals surface area contributed by atoms with Gasteiger partial charge in [-0.15, -0.1) is 0 Å². The standard InChI is InChI=1S/C23H28BN2O4/c1-22(2,28)23(3,4)30-24-16-11-12-17(20(14-16)29-6)25-21(27)19-13-15-9-7-8-10-18(15)26(19)5/h7-14,28H,1-6H3,(H,25,27). The number of aliphatic hydroxyl groups is 1. The van der Waals surface area contributed by atoms with Gasteiger partial charge in [0.05, 0.1) is 24.0 Å². The van der Waals surface area contributed by atoms with Crippen LogP contribution in [0.25, 0.3) is 10.9 Å². The predicted octanol–water partition coefficient (Wildman–Crippen LogP) is 3.25. The summed E-state index contributed by atoms with van der Waals surface area (Å²) < 4.78 is 13.1. The molecule has 0 aliphatic carbocycles. The van der Waals surface area contributed by atoms with Crippen molar-refractivity contribution in [1.29, 1.82) is 0 Å². The van der Waals surface area contributed by atoms with Gasteiger partial charge in [0.25, 0.3) is 5.91 Å². The Morgan fingerprint density at radius 1 is 1.10 bits per heavy atom. The number of hydrogen-bond acceptors (Lipinski definition) is 4. The number of para-hydroxylation sites is 1. The van der Waals surface area contributed by atoms with Crippen LogP contribution < -0.4 is 15.5 Å². The first-order chi connectivity index (χ1) is 14.0. The van der Waals surface area contributed by atoms with Crippen molar-refractivity contribution < 1.29 is 19.3 Å². The molecule has 0 saturated carbocycles. The highest BCUT2D eigenvalue weighted by Crippen LogP contribution is 2.26. The lowest BCUT2D eigenvalue weighted by molar-refractivity contribution is -0.0893. The Hall–Kier alpha value is -2.77. The number of anilines is 1. The topological polar surface area (TPSA) is 72.7 Å². The number of carbonyl (C=O) groups excluding carboxylic acids is 1. The number of rotatable bonds is 7. The van der Waals surface area contributed by atoms with Gasteiger partial charge in [-0.1, -0.05) is 24.3 Å². The van der Waals surface area contributed by atoms with Gasteiger partial charge in [-0.05, 0) is 57.4 Å². The lowest BCUT2D eigenvalue weighted by atomic mass is 9.82. The molecule has 2 N–H and O–H groups in total. The summed E-state index contributed by atoms with van der Waals surface area (Å²) in [7, 11) is 5.00. The molecule has 1 radical (unpaired) electrons. The first-order valence-electron chi connectivity index (χ1n) is 9.81. The molecule has 2 aromatic carbocycles. The number of aryl methyl sites for hydroxylation is 1. The largest absolute Gasteiger partial charge is 0.495 e. The van der Waals surface area contributed by atoms with Crippen LogP contribution >= 0.6 is 0 Å². The van der Waals surface area contributed by atoms with Gasteiger partial charge in [0, 0.05) is 18.0 Å². The van der Waals surface area contributed by atoms with Crippen LogP contribution in [-0.2, 0) is 11.7 Å². The van der Waals surface area contributed by atoms with Crippen molar-refractivity contribution in [2.75, 3.05) is 12.4 Å². The first-order valence-corrected chi connectivity index (χ1v) is 9.81. The van der Waals surface area contributed by atoms with Crippen LogP contribution in [-0.4, -0.2) is 41.4 Å². The van der Waals surface area contributed by atoms with Gasteiger partial charge in [0.1, 0.15) is 11.4 Å². The molecule has 7 heteroatoms. The van der Waals surface area contributed by atoms with Crippen molar-refractivity contribution in [3.8, 4) is 5.75 Å². The number of aromatic nitrogens is 1. The second-order valence-corrected chi connectivity index (χ2v) is 8.37. The fraction of sp³-hybridized carbons (Fsp3) is 0.348. The molecular formula is C23H28BN2O4. The van der Waals surface area contributed by atoms with E-state index in [0.29, 0.717) is 17.1 Å². The average Bonchev–Trinajstić information content (AvgIpc) is 3.03. The van der Waals surface area contributed by atoms with Crippen LogP contribution in [0.15, 0.2) is 48.5 Å². The highest BCUT2D eigenvalue weighted by atomic mass is 16.5. The molecule has 3 aromatic rings. The van der Waals surface area contributed by atoms with E-state index >= 15 is 0 Å². The van der Waals surface area contributed by atoms with Gasteiger partial charge < -0.3 is 24.4 Å². The van der Waals surface area contributed by atoms with E-state index in [9.17, 15) is 9.90 Å². The minimum atomic E-state index is -1.01. The van der Waals surface area contributed by atoms with Crippen molar-refractivity contribution in [2.24, 2.45) is 7.05 Å². The van der Waals surface area contributed by atoms with Crippen molar-refractivity contribution in [1.82, 2.24) is 4.57 Å². The van der Waals surface area contributed by atoms with Crippen molar-refractivity contribution in [3.05, 3.63) is 54.2 Å². The summed E-state index contributed by atoms with van der Waals surface area (Å²) in [6.45, 7) is 7.04. The molecule has 0 atom stereocenters. The minimum absolute atomic E-state index is 0.219. The van der Waals surface area contributed by atoms with Crippen LogP contribution in [0.2, 0.25) is 0 Å². The van der Waals surface area contributed by atoms with Crippen molar-refractivity contribution in [3.63, 3.8) is 0 Å². The molecule has 3 rings (SSSR count). The molecule has 0 spiro atoms. The maximum absolute atomic E-state index is 12.9. The molecule has 1 aromatic heterocycles. The molecule has 1 amide bonds. The number of ether oxygens (including phenoxy) is 1. The Kier molecular flexibility index (Phi) is 5.97. The summed E-state index contributed by atoms with van der Waals surface area (Å²) in [6.07, 6.45) is 0. The third-order valence-electron chi connectivity index (χ3n) is 5.62. The highest BCUT2D eigenvalue weighted by Gasteiger charge is 2.35. The van der Waals surface area contributed by atoms with Gasteiger partial charge in [-0.2, -0.15) is 0 Å². The molecule has 30 heavy (non-hydrogen) atoms. The summed E-state index contributed by atoms with van der Waals surface area (Å²) in [5.74, 6) is 0.295. The zero-order valence-electron chi connectivity index (χ0n) is 18.3. The first kappa shape index (κ1) is 21.9. The fourth-order valence-electron chi connectivity index (χ4n) is 2.94. The number of methoxy groups -OCH3 is 1. The monoisotopic (exact) mass is 407 g/mol. The van der Waals surface area contributed by atoms with Gasteiger partial charge in [-0.3, -0.25) is 4.79 Å². The normalized spacial score (nSPS) is 12.1. The van der Waals surface area contributed by atoms with E-state index < -0.39 is 11.2 Å². The molecular weight excluding hydrogens is 379 g/mol. The summed E-state index contributed by atoms with van der Waals surface area (Å²) in [5, 5.41) is 14.2. The summed E-state index contributed by atoms with van der Waals surface area (Å²) in [6, 6.07) is 15.1. The van der Waals surface area contributed by atoms with Gasteiger partial charge in [0.2, 0.25) is 0 Å². The second kappa shape index (κ2) is 8.16. The molecule has 0 saturated heterocycles. The number of amides is 1. The lowest BCUT2D eigenvalue weighted by Gasteiger charge is -2.37. The molecule has 0 bridgehead atoms. The number of benzene rings is 2. The van der Waals surface area contributed by atoms with Crippen LogP contribution in [0.1, 0.15) is 38.2 Å². The third-order valence-corrected chi connectivity index (χ3v) is 5.62. The number of hydrogen-bond donors (Lipinski definition) is 2. The SMILES string of the molecule is COc1cc([B]OC(C)(C)C(C)(C)O)ccc1NC(=O)c1cc2ccccc2n1C. The Balaban J connectivity index is 1.78. The van der Waals surface area contributed by atoms with E-state index in [4.69, 9.17) is 9.39 Å². The van der Waals surface area contributed by atoms with Gasteiger partial charge in [0.15, 0.2) is 0 Å². The number of carbonyl (C=O) groups is 1. The summed E-state index contributed by atoms with van der Waals surface area (Å²) in [4.78, 5) is 12.9. The van der Waals surface area contributed by atoms with E-state index in [-0.39, 0.29) is 5.91 Å². The summed E-state index contributed by atoms with van der Waals surface area (Å²) >= 11 is 0. The summed E-state index contributed by atoms with van der Waals surface area (Å²) in [5.41, 5.74) is 1.08. The van der Waals surface area contributed by atoms with E-state index in [1.54, 1.807) is 40.6 Å². The maximum Gasteiger partial charge on any atom is 0.331 e. The van der Waals surface area contributed by atoms with Crippen molar-refractivity contribution >= 4 is 35.4 Å². The smallest absolute Gasteiger partial charge is 0.331 e. The number of nitrogens with one attached hydrogen (secondary N) is 1. The molecule has 0 unspecified atom stereocenters. The van der Waals surface area contributed by atoms with Crippen LogP contribution in [0, 0.1) is 0 Å². The highest BCUT2D eigenvalue weighted by molar-refractivity contribution is 6.47. The second-order valence-electron chi connectivity index (χ2n) is 8.37. The van der Waals surface area contributed by atoms with Crippen molar-refractivity contribution in [2.45, 2.75) is 38.9 Å². The lowest BCUT2D eigenvalue weighted by Crippen LogP contribution is -2.49. The number of nitrogens with zero attached hydrogens (tertiary/aromatic N) is 1. The van der Waals surface area contributed by atoms with Gasteiger partial charge >= 0.3 is 7.48 Å². The Labute approximate surface area is 178 Å². The number of fused-ring (bicyclic) bond motifs is 1. The van der Waals surface area contributed by atoms with E-state index in [1.807, 2.05) is 61.9 Å². The zero-order valence-corrected chi connectivity index (χ0v) is 18.3. The van der Waals surface area contributed by atoms with Crippen LogP contribution in [0.5, 0.6) is 5.75 Å².